The van der Waals surface area contributed by atoms with Crippen LogP contribution >= 0.6 is 11.3 Å². The van der Waals surface area contributed by atoms with Crippen molar-refractivity contribution < 1.29 is 18.0 Å². The molecule has 0 saturated heterocycles. The topological polar surface area (TPSA) is 95.6 Å². The van der Waals surface area contributed by atoms with Gasteiger partial charge in [-0.1, -0.05) is 6.07 Å². The Bertz CT molecular complexity index is 862. The van der Waals surface area contributed by atoms with Gasteiger partial charge in [0.15, 0.2) is 0 Å². The highest BCUT2D eigenvalue weighted by Crippen LogP contribution is 2.15. The lowest BCUT2D eigenvalue weighted by Gasteiger charge is -2.21. The van der Waals surface area contributed by atoms with E-state index in [2.05, 4.69) is 10.0 Å². The molecular weight excluding hydrogens is 374 g/mol. The van der Waals surface area contributed by atoms with Crippen LogP contribution < -0.4 is 10.0 Å². The number of nitrogens with zero attached hydrogens (tertiary/aromatic N) is 1. The van der Waals surface area contributed by atoms with E-state index in [-0.39, 0.29) is 16.7 Å². The second-order valence-corrected chi connectivity index (χ2v) is 8.57. The number of carbonyl (C=O) groups excluding carboxylic acids is 2. The Morgan fingerprint density at radius 1 is 1.19 bits per heavy atom. The van der Waals surface area contributed by atoms with E-state index in [0.29, 0.717) is 12.2 Å². The van der Waals surface area contributed by atoms with Gasteiger partial charge in [-0.05, 0) is 42.6 Å². The van der Waals surface area contributed by atoms with Gasteiger partial charge < -0.3 is 10.2 Å². The van der Waals surface area contributed by atoms with E-state index < -0.39 is 16.1 Å². The minimum Gasteiger partial charge on any atom is -0.339 e. The van der Waals surface area contributed by atoms with Gasteiger partial charge >= 0.3 is 0 Å². The highest BCUT2D eigenvalue weighted by molar-refractivity contribution is 7.89. The molecule has 140 valence electrons. The largest absolute Gasteiger partial charge is 0.339 e. The molecule has 7 nitrogen and oxygen atoms in total. The third kappa shape index (κ3) is 5.38. The van der Waals surface area contributed by atoms with Gasteiger partial charge in [-0.25, -0.2) is 8.42 Å². The maximum absolute atomic E-state index is 12.5. The molecule has 0 saturated carbocycles. The van der Waals surface area contributed by atoms with Crippen LogP contribution in [0.3, 0.4) is 0 Å². The Kier molecular flexibility index (Phi) is 6.52. The summed E-state index contributed by atoms with van der Waals surface area (Å²) in [5.41, 5.74) is 0.497. The van der Waals surface area contributed by atoms with Crippen molar-refractivity contribution in [3.63, 3.8) is 0 Å². The average Bonchev–Trinajstić information content (AvgIpc) is 3.06. The predicted molar refractivity (Wildman–Crippen MR) is 101 cm³/mol. The molecule has 1 atom stereocenters. The Morgan fingerprint density at radius 2 is 1.85 bits per heavy atom. The maximum Gasteiger partial charge on any atom is 0.241 e. The summed E-state index contributed by atoms with van der Waals surface area (Å²) < 4.78 is 27.3. The van der Waals surface area contributed by atoms with Crippen molar-refractivity contribution in [2.45, 2.75) is 31.3 Å². The normalized spacial score (nSPS) is 12.4. The number of hydrogen-bond donors (Lipinski definition) is 2. The summed E-state index contributed by atoms with van der Waals surface area (Å²) in [4.78, 5) is 25.9. The molecule has 0 unspecified atom stereocenters. The average molecular weight is 396 g/mol. The Balaban J connectivity index is 2.02. The van der Waals surface area contributed by atoms with E-state index in [0.717, 1.165) is 4.88 Å². The van der Waals surface area contributed by atoms with Gasteiger partial charge in [0, 0.05) is 24.5 Å². The van der Waals surface area contributed by atoms with Gasteiger partial charge in [0.05, 0.1) is 17.5 Å². The summed E-state index contributed by atoms with van der Waals surface area (Å²) >= 11 is 1.53. The third-order valence-corrected chi connectivity index (χ3v) is 5.95. The zero-order chi connectivity index (χ0) is 19.3. The Labute approximate surface area is 157 Å². The lowest BCUT2D eigenvalue weighted by atomic mass is 10.3. The van der Waals surface area contributed by atoms with Crippen LogP contribution in [0, 0.1) is 0 Å². The number of sulfonamides is 1. The first kappa shape index (κ1) is 20.1. The highest BCUT2D eigenvalue weighted by Gasteiger charge is 2.24. The van der Waals surface area contributed by atoms with Crippen LogP contribution in [0.1, 0.15) is 18.7 Å². The molecular formula is C17H21N3O4S2. The molecule has 0 spiro atoms. The molecule has 0 aliphatic heterocycles. The Hall–Kier alpha value is -2.23. The summed E-state index contributed by atoms with van der Waals surface area (Å²) in [6, 6.07) is 8.64. The number of rotatable bonds is 7. The van der Waals surface area contributed by atoms with E-state index >= 15 is 0 Å². The zero-order valence-corrected chi connectivity index (χ0v) is 16.4. The van der Waals surface area contributed by atoms with Crippen molar-refractivity contribution in [3.8, 4) is 0 Å². The SMILES string of the molecule is CC(=O)Nc1ccc(S(=O)(=O)N[C@@H](C)C(=O)N(C)Cc2cccs2)cc1. The molecule has 0 bridgehead atoms. The van der Waals surface area contributed by atoms with E-state index in [4.69, 9.17) is 0 Å². The second kappa shape index (κ2) is 8.43. The van der Waals surface area contributed by atoms with E-state index in [1.807, 2.05) is 17.5 Å². The summed E-state index contributed by atoms with van der Waals surface area (Å²) in [5, 5.41) is 4.49. The quantitative estimate of drug-likeness (QED) is 0.750. The summed E-state index contributed by atoms with van der Waals surface area (Å²) in [6.07, 6.45) is 0. The standard InChI is InChI=1S/C17H21N3O4S2/c1-12(17(22)20(3)11-15-5-4-10-25-15)19-26(23,24)16-8-6-14(7-9-16)18-13(2)21/h4-10,12,19H,11H2,1-3H3,(H,18,21)/t12-/m0/s1. The molecule has 0 radical (unpaired) electrons. The molecule has 1 aromatic carbocycles. The number of benzene rings is 1. The van der Waals surface area contributed by atoms with Gasteiger partial charge in [-0.3, -0.25) is 9.59 Å². The lowest BCUT2D eigenvalue weighted by molar-refractivity contribution is -0.131. The van der Waals surface area contributed by atoms with Gasteiger partial charge in [-0.2, -0.15) is 4.72 Å². The van der Waals surface area contributed by atoms with Crippen molar-refractivity contribution in [1.29, 1.82) is 0 Å². The van der Waals surface area contributed by atoms with Gasteiger partial charge in [0.25, 0.3) is 0 Å². The van der Waals surface area contributed by atoms with Crippen LogP contribution in [0.25, 0.3) is 0 Å². The van der Waals surface area contributed by atoms with Crippen molar-refractivity contribution in [3.05, 3.63) is 46.7 Å². The summed E-state index contributed by atoms with van der Waals surface area (Å²) in [6.45, 7) is 3.30. The second-order valence-electron chi connectivity index (χ2n) is 5.82. The maximum atomic E-state index is 12.5. The van der Waals surface area contributed by atoms with Gasteiger partial charge in [0.1, 0.15) is 0 Å². The molecule has 9 heteroatoms. The molecule has 26 heavy (non-hydrogen) atoms. The first-order valence-electron chi connectivity index (χ1n) is 7.86. The van der Waals surface area contributed by atoms with Crippen LogP contribution in [0.4, 0.5) is 5.69 Å². The van der Waals surface area contributed by atoms with Gasteiger partial charge in [0.2, 0.25) is 21.8 Å². The third-order valence-electron chi connectivity index (χ3n) is 3.54. The lowest BCUT2D eigenvalue weighted by Crippen LogP contribution is -2.45. The van der Waals surface area contributed by atoms with Crippen LogP contribution in [-0.2, 0) is 26.2 Å². The number of carbonyl (C=O) groups is 2. The number of amides is 2. The first-order chi connectivity index (χ1) is 12.2. The molecule has 0 aliphatic rings. The highest BCUT2D eigenvalue weighted by atomic mass is 32.2. The fourth-order valence-corrected chi connectivity index (χ4v) is 4.27. The summed E-state index contributed by atoms with van der Waals surface area (Å²) in [5.74, 6) is -0.566. The monoisotopic (exact) mass is 395 g/mol. The molecule has 2 amide bonds. The summed E-state index contributed by atoms with van der Waals surface area (Å²) in [7, 11) is -2.22. The minimum atomic E-state index is -3.85. The molecule has 1 aromatic heterocycles. The van der Waals surface area contributed by atoms with Gasteiger partial charge in [-0.15, -0.1) is 11.3 Å². The van der Waals surface area contributed by atoms with Crippen LogP contribution in [0.2, 0.25) is 0 Å². The number of nitrogens with one attached hydrogen (secondary N) is 2. The molecule has 1 heterocycles. The van der Waals surface area contributed by atoms with E-state index in [1.165, 1.54) is 54.3 Å². The first-order valence-corrected chi connectivity index (χ1v) is 10.2. The molecule has 2 rings (SSSR count). The van der Waals surface area contributed by atoms with E-state index in [1.54, 1.807) is 7.05 Å². The molecule has 0 fully saturated rings. The molecule has 0 aliphatic carbocycles. The fourth-order valence-electron chi connectivity index (χ4n) is 2.32. The number of thiophene rings is 1. The zero-order valence-electron chi connectivity index (χ0n) is 14.7. The van der Waals surface area contributed by atoms with Crippen LogP contribution in [0.5, 0.6) is 0 Å². The van der Waals surface area contributed by atoms with Crippen LogP contribution in [-0.4, -0.2) is 38.2 Å². The molecule has 2 aromatic rings. The number of hydrogen-bond acceptors (Lipinski definition) is 5. The fraction of sp³-hybridized carbons (Fsp3) is 0.294. The minimum absolute atomic E-state index is 0.0205. The molecule has 2 N–H and O–H groups in total. The predicted octanol–water partition coefficient (Wildman–Crippen LogP) is 2.03. The number of anilines is 1. The van der Waals surface area contributed by atoms with Crippen molar-refractivity contribution >= 4 is 38.9 Å². The van der Waals surface area contributed by atoms with Crippen molar-refractivity contribution in [1.82, 2.24) is 9.62 Å². The Morgan fingerprint density at radius 3 is 2.38 bits per heavy atom. The smallest absolute Gasteiger partial charge is 0.241 e. The van der Waals surface area contributed by atoms with Crippen LogP contribution in [0.15, 0.2) is 46.7 Å². The van der Waals surface area contributed by atoms with Crippen molar-refractivity contribution in [2.75, 3.05) is 12.4 Å². The van der Waals surface area contributed by atoms with E-state index in [9.17, 15) is 18.0 Å². The van der Waals surface area contributed by atoms with Crippen molar-refractivity contribution in [2.24, 2.45) is 0 Å². The number of likely N-dealkylation sites (N-methyl/N-ethyl adjacent to an activating group) is 1.